The Hall–Kier alpha value is -1.10. The topological polar surface area (TPSA) is 61.4 Å². The molecule has 124 valence electrons. The van der Waals surface area contributed by atoms with Crippen LogP contribution in [0.3, 0.4) is 0 Å². The van der Waals surface area contributed by atoms with Crippen LogP contribution in [0, 0.1) is 5.92 Å². The quantitative estimate of drug-likeness (QED) is 0.826. The maximum Gasteiger partial charge on any atom is 0.241 e. The van der Waals surface area contributed by atoms with Crippen LogP contribution in [0.1, 0.15) is 57.8 Å². The first kappa shape index (κ1) is 15.8. The number of amides is 2. The molecule has 1 saturated carbocycles. The molecular formula is C17H29N3O2. The Morgan fingerprint density at radius 1 is 1.05 bits per heavy atom. The Labute approximate surface area is 133 Å². The van der Waals surface area contributed by atoms with Gasteiger partial charge in [-0.05, 0) is 38.5 Å². The van der Waals surface area contributed by atoms with Gasteiger partial charge >= 0.3 is 0 Å². The summed E-state index contributed by atoms with van der Waals surface area (Å²) in [5.41, 5.74) is 0. The minimum Gasteiger partial charge on any atom is -0.347 e. The van der Waals surface area contributed by atoms with E-state index in [0.717, 1.165) is 38.5 Å². The highest BCUT2D eigenvalue weighted by Crippen LogP contribution is 2.29. The molecule has 5 nitrogen and oxygen atoms in total. The lowest BCUT2D eigenvalue weighted by molar-refractivity contribution is -0.135. The molecule has 2 saturated heterocycles. The van der Waals surface area contributed by atoms with Crippen molar-refractivity contribution in [1.82, 2.24) is 15.5 Å². The third kappa shape index (κ3) is 3.62. The minimum absolute atomic E-state index is 0.0514. The number of nitrogens with zero attached hydrogens (tertiary/aromatic N) is 1. The van der Waals surface area contributed by atoms with Crippen LogP contribution in [-0.2, 0) is 9.59 Å². The van der Waals surface area contributed by atoms with Crippen LogP contribution >= 0.6 is 0 Å². The molecule has 3 fully saturated rings. The zero-order valence-corrected chi connectivity index (χ0v) is 13.6. The summed E-state index contributed by atoms with van der Waals surface area (Å²) in [4.78, 5) is 26.3. The Bertz CT molecular complexity index is 408. The van der Waals surface area contributed by atoms with E-state index in [2.05, 4.69) is 10.6 Å². The van der Waals surface area contributed by atoms with Gasteiger partial charge in [0.05, 0.1) is 6.54 Å². The van der Waals surface area contributed by atoms with Crippen molar-refractivity contribution in [3.63, 3.8) is 0 Å². The van der Waals surface area contributed by atoms with Gasteiger partial charge < -0.3 is 15.5 Å². The van der Waals surface area contributed by atoms with E-state index in [1.165, 1.54) is 19.3 Å². The molecule has 2 N–H and O–H groups in total. The van der Waals surface area contributed by atoms with Crippen molar-refractivity contribution in [2.75, 3.05) is 13.6 Å². The number of piperidine rings is 1. The Kier molecular flexibility index (Phi) is 5.01. The van der Waals surface area contributed by atoms with E-state index < -0.39 is 0 Å². The largest absolute Gasteiger partial charge is 0.347 e. The Morgan fingerprint density at radius 2 is 1.68 bits per heavy atom. The third-order valence-corrected chi connectivity index (χ3v) is 5.78. The molecule has 2 heterocycles. The van der Waals surface area contributed by atoms with Crippen molar-refractivity contribution < 1.29 is 9.59 Å². The smallest absolute Gasteiger partial charge is 0.241 e. The zero-order chi connectivity index (χ0) is 15.5. The van der Waals surface area contributed by atoms with Crippen molar-refractivity contribution >= 4 is 11.8 Å². The van der Waals surface area contributed by atoms with Crippen molar-refractivity contribution in [3.8, 4) is 0 Å². The van der Waals surface area contributed by atoms with Crippen LogP contribution in [0.25, 0.3) is 0 Å². The summed E-state index contributed by atoms with van der Waals surface area (Å²) in [6.07, 6.45) is 10.1. The number of hydrogen-bond donors (Lipinski definition) is 2. The fourth-order valence-corrected chi connectivity index (χ4v) is 4.34. The van der Waals surface area contributed by atoms with Crippen LogP contribution < -0.4 is 10.6 Å². The van der Waals surface area contributed by atoms with E-state index in [-0.39, 0.29) is 24.3 Å². The molecule has 2 aliphatic heterocycles. The van der Waals surface area contributed by atoms with Gasteiger partial charge in [-0.1, -0.05) is 19.3 Å². The standard InChI is InChI=1S/C17H29N3O2/c1-20(15-9-13-7-8-14(10-15)19-13)16(21)11-18-17(22)12-5-3-2-4-6-12/h12-15,19H,2-11H2,1H3,(H,18,22). The number of likely N-dealkylation sites (N-methyl/N-ethyl adjacent to an activating group) is 1. The molecule has 0 radical (unpaired) electrons. The highest BCUT2D eigenvalue weighted by molar-refractivity contribution is 5.85. The molecule has 3 aliphatic rings. The van der Waals surface area contributed by atoms with Gasteiger partial charge in [0.15, 0.2) is 0 Å². The van der Waals surface area contributed by atoms with Gasteiger partial charge in [-0.2, -0.15) is 0 Å². The van der Waals surface area contributed by atoms with Gasteiger partial charge in [-0.25, -0.2) is 0 Å². The van der Waals surface area contributed by atoms with E-state index in [4.69, 9.17) is 0 Å². The molecule has 0 aromatic heterocycles. The number of carbonyl (C=O) groups excluding carboxylic acids is 2. The minimum atomic E-state index is 0.0514. The molecular weight excluding hydrogens is 278 g/mol. The van der Waals surface area contributed by atoms with Gasteiger partial charge in [0.25, 0.3) is 0 Å². The van der Waals surface area contributed by atoms with Crippen molar-refractivity contribution in [2.24, 2.45) is 5.92 Å². The molecule has 2 bridgehead atoms. The first-order valence-corrected chi connectivity index (χ1v) is 8.93. The monoisotopic (exact) mass is 307 g/mol. The summed E-state index contributed by atoms with van der Waals surface area (Å²) in [5.74, 6) is 0.254. The van der Waals surface area contributed by atoms with Gasteiger partial charge in [0.2, 0.25) is 11.8 Å². The summed E-state index contributed by atoms with van der Waals surface area (Å²) in [6, 6.07) is 1.49. The molecule has 2 unspecified atom stereocenters. The maximum atomic E-state index is 12.4. The van der Waals surface area contributed by atoms with Gasteiger partial charge in [-0.15, -0.1) is 0 Å². The highest BCUT2D eigenvalue weighted by atomic mass is 16.2. The Morgan fingerprint density at radius 3 is 2.32 bits per heavy atom. The molecule has 1 aliphatic carbocycles. The summed E-state index contributed by atoms with van der Waals surface area (Å²) in [5, 5.41) is 6.46. The predicted molar refractivity (Wildman–Crippen MR) is 85.3 cm³/mol. The van der Waals surface area contributed by atoms with Crippen molar-refractivity contribution in [3.05, 3.63) is 0 Å². The summed E-state index contributed by atoms with van der Waals surface area (Å²) >= 11 is 0. The van der Waals surface area contributed by atoms with Gasteiger partial charge in [-0.3, -0.25) is 9.59 Å². The predicted octanol–water partition coefficient (Wildman–Crippen LogP) is 1.42. The van der Waals surface area contributed by atoms with E-state index in [1.807, 2.05) is 11.9 Å². The van der Waals surface area contributed by atoms with Crippen LogP contribution in [-0.4, -0.2) is 48.4 Å². The fraction of sp³-hybridized carbons (Fsp3) is 0.882. The number of carbonyl (C=O) groups is 2. The van der Waals surface area contributed by atoms with E-state index >= 15 is 0 Å². The normalized spacial score (nSPS) is 31.8. The summed E-state index contributed by atoms with van der Waals surface area (Å²) in [7, 11) is 1.89. The SMILES string of the molecule is CN(C(=O)CNC(=O)C1CCCCC1)C1CC2CCC(C1)N2. The van der Waals surface area contributed by atoms with Crippen LogP contribution in [0.4, 0.5) is 0 Å². The molecule has 0 spiro atoms. The Balaban J connectivity index is 1.44. The van der Waals surface area contributed by atoms with Crippen LogP contribution in [0.2, 0.25) is 0 Å². The molecule has 2 amide bonds. The molecule has 2 atom stereocenters. The lowest BCUT2D eigenvalue weighted by atomic mass is 9.89. The maximum absolute atomic E-state index is 12.4. The number of fused-ring (bicyclic) bond motifs is 2. The zero-order valence-electron chi connectivity index (χ0n) is 13.6. The van der Waals surface area contributed by atoms with Crippen molar-refractivity contribution in [2.45, 2.75) is 75.9 Å². The second kappa shape index (κ2) is 6.99. The first-order valence-electron chi connectivity index (χ1n) is 8.93. The van der Waals surface area contributed by atoms with Crippen LogP contribution in [0.5, 0.6) is 0 Å². The van der Waals surface area contributed by atoms with Gasteiger partial charge in [0, 0.05) is 31.1 Å². The molecule has 0 aromatic carbocycles. The van der Waals surface area contributed by atoms with E-state index in [9.17, 15) is 9.59 Å². The van der Waals surface area contributed by atoms with Crippen molar-refractivity contribution in [1.29, 1.82) is 0 Å². The molecule has 3 rings (SSSR count). The van der Waals surface area contributed by atoms with Gasteiger partial charge in [0.1, 0.15) is 0 Å². The average Bonchev–Trinajstić information content (AvgIpc) is 2.90. The second-order valence-corrected chi connectivity index (χ2v) is 7.32. The average molecular weight is 307 g/mol. The fourth-order valence-electron chi connectivity index (χ4n) is 4.34. The lowest BCUT2D eigenvalue weighted by Crippen LogP contribution is -2.51. The second-order valence-electron chi connectivity index (χ2n) is 7.32. The number of nitrogens with one attached hydrogen (secondary N) is 2. The first-order chi connectivity index (χ1) is 10.6. The molecule has 0 aromatic rings. The van der Waals surface area contributed by atoms with Crippen LogP contribution in [0.15, 0.2) is 0 Å². The summed E-state index contributed by atoms with van der Waals surface area (Å²) in [6.45, 7) is 0.158. The van der Waals surface area contributed by atoms with E-state index in [0.29, 0.717) is 18.1 Å². The number of rotatable bonds is 4. The molecule has 5 heteroatoms. The summed E-state index contributed by atoms with van der Waals surface area (Å²) < 4.78 is 0. The lowest BCUT2D eigenvalue weighted by Gasteiger charge is -2.35. The van der Waals surface area contributed by atoms with E-state index in [1.54, 1.807) is 0 Å². The number of hydrogen-bond acceptors (Lipinski definition) is 3. The third-order valence-electron chi connectivity index (χ3n) is 5.78. The highest BCUT2D eigenvalue weighted by Gasteiger charge is 2.36. The molecule has 22 heavy (non-hydrogen) atoms.